The molecule has 3 heteroatoms. The lowest BCUT2D eigenvalue weighted by Gasteiger charge is -2.25. The van der Waals surface area contributed by atoms with Gasteiger partial charge in [0.2, 0.25) is 0 Å². The van der Waals surface area contributed by atoms with E-state index in [1.54, 1.807) is 0 Å². The molecular weight excluding hydrogens is 260 g/mol. The molecule has 0 saturated heterocycles. The average molecular weight is 284 g/mol. The fourth-order valence-corrected chi connectivity index (χ4v) is 2.27. The van der Waals surface area contributed by atoms with Crippen molar-refractivity contribution in [1.82, 2.24) is 0 Å². The van der Waals surface area contributed by atoms with Gasteiger partial charge in [-0.05, 0) is 49.7 Å². The van der Waals surface area contributed by atoms with E-state index in [-0.39, 0.29) is 0 Å². The fourth-order valence-electron chi connectivity index (χ4n) is 2.27. The molecule has 0 spiro atoms. The van der Waals surface area contributed by atoms with Crippen LogP contribution in [0.4, 0.5) is 5.69 Å². The minimum absolute atomic E-state index is 0.669. The zero-order valence-corrected chi connectivity index (χ0v) is 12.7. The van der Waals surface area contributed by atoms with E-state index in [0.29, 0.717) is 13.2 Å². The van der Waals surface area contributed by atoms with Gasteiger partial charge in [0.05, 0.1) is 6.54 Å². The Morgan fingerprint density at radius 1 is 1.00 bits per heavy atom. The Balaban J connectivity index is 1.93. The molecule has 0 bridgehead atoms. The van der Waals surface area contributed by atoms with E-state index in [0.717, 1.165) is 25.3 Å². The minimum Gasteiger partial charge on any atom is -0.492 e. The van der Waals surface area contributed by atoms with Crippen LogP contribution in [0.5, 0.6) is 5.75 Å². The Labute approximate surface area is 127 Å². The molecule has 2 aromatic carbocycles. The van der Waals surface area contributed by atoms with E-state index in [1.165, 1.54) is 11.3 Å². The fraction of sp³-hybridized carbons (Fsp3) is 0.333. The van der Waals surface area contributed by atoms with Gasteiger partial charge in [0.15, 0.2) is 0 Å². The largest absolute Gasteiger partial charge is 0.492 e. The molecule has 0 saturated carbocycles. The first-order valence-electron chi connectivity index (χ1n) is 7.49. The van der Waals surface area contributed by atoms with E-state index in [2.05, 4.69) is 36.1 Å². The Hall–Kier alpha value is -2.00. The van der Waals surface area contributed by atoms with Gasteiger partial charge in [-0.3, -0.25) is 0 Å². The molecule has 112 valence electrons. The number of anilines is 1. The summed E-state index contributed by atoms with van der Waals surface area (Å²) in [5.41, 5.74) is 8.16. The second kappa shape index (κ2) is 8.32. The third-order valence-corrected chi connectivity index (χ3v) is 3.37. The lowest BCUT2D eigenvalue weighted by molar-refractivity contribution is 0.323. The number of rotatable bonds is 8. The van der Waals surface area contributed by atoms with Gasteiger partial charge >= 0.3 is 0 Å². The Morgan fingerprint density at radius 2 is 1.81 bits per heavy atom. The molecule has 2 rings (SSSR count). The van der Waals surface area contributed by atoms with Gasteiger partial charge in [0.25, 0.3) is 0 Å². The summed E-state index contributed by atoms with van der Waals surface area (Å²) in [5, 5.41) is 0. The maximum absolute atomic E-state index is 5.80. The van der Waals surface area contributed by atoms with E-state index in [4.69, 9.17) is 10.5 Å². The summed E-state index contributed by atoms with van der Waals surface area (Å²) in [4.78, 5) is 2.34. The zero-order chi connectivity index (χ0) is 14.9. The molecule has 0 aliphatic carbocycles. The van der Waals surface area contributed by atoms with Crippen LogP contribution in [0.2, 0.25) is 0 Å². The van der Waals surface area contributed by atoms with Crippen LogP contribution in [0.15, 0.2) is 54.6 Å². The number of aryl methyl sites for hydroxylation is 1. The van der Waals surface area contributed by atoms with Gasteiger partial charge < -0.3 is 15.4 Å². The van der Waals surface area contributed by atoms with Crippen LogP contribution >= 0.6 is 0 Å². The highest BCUT2D eigenvalue weighted by Gasteiger charge is 2.06. The third-order valence-electron chi connectivity index (χ3n) is 3.37. The summed E-state index contributed by atoms with van der Waals surface area (Å²) in [6, 6.07) is 18.5. The second-order valence-electron chi connectivity index (χ2n) is 5.13. The molecule has 0 unspecified atom stereocenters. The van der Waals surface area contributed by atoms with Crippen molar-refractivity contribution in [3.8, 4) is 5.75 Å². The quantitative estimate of drug-likeness (QED) is 0.809. The van der Waals surface area contributed by atoms with Gasteiger partial charge in [-0.15, -0.1) is 0 Å². The van der Waals surface area contributed by atoms with Crippen LogP contribution in [-0.2, 0) is 0 Å². The van der Waals surface area contributed by atoms with Crippen molar-refractivity contribution in [1.29, 1.82) is 0 Å². The van der Waals surface area contributed by atoms with E-state index >= 15 is 0 Å². The summed E-state index contributed by atoms with van der Waals surface area (Å²) in [6.07, 6.45) is 0.985. The zero-order valence-electron chi connectivity index (χ0n) is 12.7. The third kappa shape index (κ3) is 5.12. The van der Waals surface area contributed by atoms with Crippen molar-refractivity contribution >= 4 is 5.69 Å². The van der Waals surface area contributed by atoms with Crippen LogP contribution in [0.3, 0.4) is 0 Å². The number of hydrogen-bond donors (Lipinski definition) is 1. The lowest BCUT2D eigenvalue weighted by Crippen LogP contribution is -2.30. The molecule has 0 fully saturated rings. The van der Waals surface area contributed by atoms with E-state index < -0.39 is 0 Å². The number of nitrogens with zero attached hydrogens (tertiary/aromatic N) is 1. The first kappa shape index (κ1) is 15.4. The predicted octanol–water partition coefficient (Wildman–Crippen LogP) is 3.23. The van der Waals surface area contributed by atoms with Crippen LogP contribution in [0.25, 0.3) is 0 Å². The van der Waals surface area contributed by atoms with Crippen LogP contribution in [-0.4, -0.2) is 26.2 Å². The Bertz CT molecular complexity index is 528. The normalized spacial score (nSPS) is 10.4. The molecule has 0 aliphatic heterocycles. The highest BCUT2D eigenvalue weighted by Crippen LogP contribution is 2.16. The molecule has 3 nitrogen and oxygen atoms in total. The van der Waals surface area contributed by atoms with E-state index in [9.17, 15) is 0 Å². The van der Waals surface area contributed by atoms with Crippen LogP contribution in [0, 0.1) is 6.92 Å². The van der Waals surface area contributed by atoms with Crippen molar-refractivity contribution in [2.45, 2.75) is 13.3 Å². The maximum atomic E-state index is 5.80. The molecule has 0 amide bonds. The molecule has 0 heterocycles. The van der Waals surface area contributed by atoms with Crippen molar-refractivity contribution in [3.05, 3.63) is 60.2 Å². The molecule has 0 radical (unpaired) electrons. The molecule has 0 aliphatic rings. The summed E-state index contributed by atoms with van der Waals surface area (Å²) in [7, 11) is 0. The van der Waals surface area contributed by atoms with Gasteiger partial charge in [0, 0.05) is 12.2 Å². The molecule has 2 N–H and O–H groups in total. The van der Waals surface area contributed by atoms with Crippen molar-refractivity contribution in [3.63, 3.8) is 0 Å². The first-order valence-corrected chi connectivity index (χ1v) is 7.49. The van der Waals surface area contributed by atoms with Crippen LogP contribution < -0.4 is 15.4 Å². The monoisotopic (exact) mass is 284 g/mol. The van der Waals surface area contributed by atoms with Crippen LogP contribution in [0.1, 0.15) is 12.0 Å². The number of nitrogens with two attached hydrogens (primary N) is 1. The topological polar surface area (TPSA) is 38.5 Å². The lowest BCUT2D eigenvalue weighted by atomic mass is 10.2. The standard InChI is InChI=1S/C18H24N2O/c1-16-7-5-8-17(15-16)20(12-6-11-19)13-14-21-18-9-3-2-4-10-18/h2-5,7-10,15H,6,11-14,19H2,1H3. The number of para-hydroxylation sites is 1. The van der Waals surface area contributed by atoms with Crippen molar-refractivity contribution in [2.75, 3.05) is 31.1 Å². The predicted molar refractivity (Wildman–Crippen MR) is 89.0 cm³/mol. The highest BCUT2D eigenvalue weighted by atomic mass is 16.5. The molecule has 0 aromatic heterocycles. The minimum atomic E-state index is 0.669. The summed E-state index contributed by atoms with van der Waals surface area (Å²) in [5.74, 6) is 0.917. The molecule has 21 heavy (non-hydrogen) atoms. The van der Waals surface area contributed by atoms with Gasteiger partial charge in [-0.1, -0.05) is 30.3 Å². The SMILES string of the molecule is Cc1cccc(N(CCCN)CCOc2ccccc2)c1. The second-order valence-corrected chi connectivity index (χ2v) is 5.13. The van der Waals surface area contributed by atoms with Gasteiger partial charge in [-0.2, -0.15) is 0 Å². The number of ether oxygens (including phenoxy) is 1. The van der Waals surface area contributed by atoms with Crippen molar-refractivity contribution in [2.24, 2.45) is 5.73 Å². The first-order chi connectivity index (χ1) is 10.3. The highest BCUT2D eigenvalue weighted by molar-refractivity contribution is 5.48. The molecule has 2 aromatic rings. The summed E-state index contributed by atoms with van der Waals surface area (Å²) < 4.78 is 5.80. The number of benzene rings is 2. The van der Waals surface area contributed by atoms with E-state index in [1.807, 2.05) is 30.3 Å². The average Bonchev–Trinajstić information content (AvgIpc) is 2.51. The Morgan fingerprint density at radius 3 is 2.52 bits per heavy atom. The molecular formula is C18H24N2O. The summed E-state index contributed by atoms with van der Waals surface area (Å²) in [6.45, 7) is 5.31. The van der Waals surface area contributed by atoms with Crippen molar-refractivity contribution < 1.29 is 4.74 Å². The summed E-state index contributed by atoms with van der Waals surface area (Å²) >= 11 is 0. The smallest absolute Gasteiger partial charge is 0.119 e. The maximum Gasteiger partial charge on any atom is 0.119 e. The van der Waals surface area contributed by atoms with Gasteiger partial charge in [-0.25, -0.2) is 0 Å². The molecule has 0 atom stereocenters. The van der Waals surface area contributed by atoms with Gasteiger partial charge in [0.1, 0.15) is 12.4 Å². The number of hydrogen-bond acceptors (Lipinski definition) is 3. The Kier molecular flexibility index (Phi) is 6.10.